The third-order valence-corrected chi connectivity index (χ3v) is 4.55. The Bertz CT molecular complexity index is 1000. The summed E-state index contributed by atoms with van der Waals surface area (Å²) in [5, 5.41) is 2.80. The smallest absolute Gasteiger partial charge is 0.275 e. The van der Waals surface area contributed by atoms with Crippen LogP contribution in [-0.2, 0) is 16.1 Å². The summed E-state index contributed by atoms with van der Waals surface area (Å²) in [5.41, 5.74) is 1.19. The number of aromatic nitrogens is 2. The molecule has 0 aliphatic carbocycles. The van der Waals surface area contributed by atoms with Gasteiger partial charge in [-0.05, 0) is 43.2 Å². The molecule has 1 aliphatic rings. The van der Waals surface area contributed by atoms with E-state index in [2.05, 4.69) is 5.32 Å². The normalized spacial score (nSPS) is 17.4. The van der Waals surface area contributed by atoms with Gasteiger partial charge in [0.15, 0.2) is 0 Å². The van der Waals surface area contributed by atoms with Crippen LogP contribution >= 0.6 is 0 Å². The van der Waals surface area contributed by atoms with Crippen LogP contribution in [0.2, 0.25) is 0 Å². The summed E-state index contributed by atoms with van der Waals surface area (Å²) >= 11 is 0. The maximum absolute atomic E-state index is 13.7. The van der Waals surface area contributed by atoms with Gasteiger partial charge in [0.05, 0.1) is 17.1 Å². The van der Waals surface area contributed by atoms with Gasteiger partial charge in [-0.2, -0.15) is 0 Å². The molecule has 130 valence electrons. The number of hydrogen-bond acceptors (Lipinski definition) is 3. The van der Waals surface area contributed by atoms with Crippen LogP contribution in [0, 0.1) is 5.82 Å². The number of carbonyl (C=O) groups is 1. The molecule has 0 radical (unpaired) electrons. The summed E-state index contributed by atoms with van der Waals surface area (Å²) in [7, 11) is 0. The summed E-state index contributed by atoms with van der Waals surface area (Å²) in [5.74, 6) is -0.744. The van der Waals surface area contributed by atoms with Crippen LogP contribution in [0.1, 0.15) is 12.8 Å². The maximum atomic E-state index is 13.7. The molecule has 1 amide bonds. The Morgan fingerprint density at radius 1 is 1.28 bits per heavy atom. The first-order valence-electron chi connectivity index (χ1n) is 8.31. The van der Waals surface area contributed by atoms with Crippen molar-refractivity contribution in [1.82, 2.24) is 14.3 Å². The van der Waals surface area contributed by atoms with Crippen LogP contribution in [0.4, 0.5) is 4.39 Å². The molecule has 0 spiro atoms. The number of nitrogens with one attached hydrogen (secondary N) is 1. The van der Waals surface area contributed by atoms with E-state index in [9.17, 15) is 14.0 Å². The first-order chi connectivity index (χ1) is 12.1. The second-order valence-corrected chi connectivity index (χ2v) is 6.23. The van der Waals surface area contributed by atoms with Gasteiger partial charge in [0.1, 0.15) is 17.9 Å². The number of halogens is 1. The molecule has 3 aromatic rings. The molecule has 3 heterocycles. The van der Waals surface area contributed by atoms with Gasteiger partial charge < -0.3 is 14.5 Å². The van der Waals surface area contributed by atoms with E-state index in [-0.39, 0.29) is 24.1 Å². The molecule has 7 heteroatoms. The molecule has 25 heavy (non-hydrogen) atoms. The summed E-state index contributed by atoms with van der Waals surface area (Å²) in [6.45, 7) is 0.981. The molecule has 1 aliphatic heterocycles. The van der Waals surface area contributed by atoms with Crippen LogP contribution in [0.3, 0.4) is 0 Å². The molecule has 2 aromatic heterocycles. The van der Waals surface area contributed by atoms with E-state index >= 15 is 0 Å². The lowest BCUT2D eigenvalue weighted by atomic mass is 10.2. The zero-order valence-electron chi connectivity index (χ0n) is 13.6. The van der Waals surface area contributed by atoms with Crippen molar-refractivity contribution in [2.45, 2.75) is 25.5 Å². The molecule has 1 atom stereocenters. The van der Waals surface area contributed by atoms with Gasteiger partial charge in [-0.3, -0.25) is 14.2 Å². The van der Waals surface area contributed by atoms with E-state index in [4.69, 9.17) is 4.74 Å². The highest BCUT2D eigenvalue weighted by Crippen LogP contribution is 2.17. The summed E-state index contributed by atoms with van der Waals surface area (Å²) < 4.78 is 22.2. The first-order valence-corrected chi connectivity index (χ1v) is 8.31. The predicted molar refractivity (Wildman–Crippen MR) is 91.1 cm³/mol. The minimum absolute atomic E-state index is 0.0305. The summed E-state index contributed by atoms with van der Waals surface area (Å²) in [4.78, 5) is 25.0. The second kappa shape index (κ2) is 6.33. The first kappa shape index (κ1) is 15.8. The molecule has 1 aromatic carbocycles. The second-order valence-electron chi connectivity index (χ2n) is 6.23. The van der Waals surface area contributed by atoms with E-state index in [1.807, 2.05) is 0 Å². The van der Waals surface area contributed by atoms with Crippen LogP contribution < -0.4 is 10.9 Å². The molecular weight excluding hydrogens is 325 g/mol. The lowest BCUT2D eigenvalue weighted by Gasteiger charge is -2.14. The van der Waals surface area contributed by atoms with E-state index < -0.39 is 5.82 Å². The monoisotopic (exact) mass is 343 g/mol. The van der Waals surface area contributed by atoms with E-state index in [1.54, 1.807) is 28.8 Å². The average molecular weight is 343 g/mol. The minimum atomic E-state index is -0.452. The van der Waals surface area contributed by atoms with Crippen LogP contribution in [0.25, 0.3) is 16.6 Å². The van der Waals surface area contributed by atoms with Crippen molar-refractivity contribution in [2.75, 3.05) is 13.2 Å². The van der Waals surface area contributed by atoms with Crippen molar-refractivity contribution in [3.8, 4) is 0 Å². The Labute approximate surface area is 142 Å². The fraction of sp³-hybridized carbons (Fsp3) is 0.333. The molecule has 0 saturated carbocycles. The Hall–Kier alpha value is -2.67. The van der Waals surface area contributed by atoms with Gasteiger partial charge in [0.2, 0.25) is 5.91 Å². The number of ether oxygens (including phenoxy) is 1. The zero-order chi connectivity index (χ0) is 17.4. The zero-order valence-corrected chi connectivity index (χ0v) is 13.6. The highest BCUT2D eigenvalue weighted by molar-refractivity contribution is 5.82. The maximum Gasteiger partial charge on any atom is 0.275 e. The molecule has 4 rings (SSSR count). The number of amides is 1. The van der Waals surface area contributed by atoms with E-state index in [0.717, 1.165) is 19.4 Å². The van der Waals surface area contributed by atoms with E-state index in [0.29, 0.717) is 23.1 Å². The fourth-order valence-corrected chi connectivity index (χ4v) is 3.32. The molecular formula is C18H18FN3O3. The Morgan fingerprint density at radius 3 is 2.96 bits per heavy atom. The van der Waals surface area contributed by atoms with Gasteiger partial charge in [-0.25, -0.2) is 4.39 Å². The standard InChI is InChI=1S/C18H18FN3O3/c19-12-5-6-14-16(9-12)22(18(24)15-4-1-7-21(14)15)11-17(23)20-10-13-3-2-8-25-13/h1,4-7,9,13H,2-3,8,10-11H2,(H,20,23)/t13-/m0/s1. The molecule has 1 saturated heterocycles. The lowest BCUT2D eigenvalue weighted by molar-refractivity contribution is -0.122. The largest absolute Gasteiger partial charge is 0.376 e. The number of nitrogens with zero attached hydrogens (tertiary/aromatic N) is 2. The SMILES string of the molecule is O=C(Cn1c(=O)c2cccn2c2ccc(F)cc21)NC[C@@H]1CCCO1. The Morgan fingerprint density at radius 2 is 2.16 bits per heavy atom. The number of rotatable bonds is 4. The summed E-state index contributed by atoms with van der Waals surface area (Å²) in [6.07, 6.45) is 3.70. The molecule has 0 unspecified atom stereocenters. The van der Waals surface area contributed by atoms with Crippen molar-refractivity contribution in [1.29, 1.82) is 0 Å². The highest BCUT2D eigenvalue weighted by Gasteiger charge is 2.18. The van der Waals surface area contributed by atoms with Crippen LogP contribution in [0.5, 0.6) is 0 Å². The molecule has 1 N–H and O–H groups in total. The van der Waals surface area contributed by atoms with Gasteiger partial charge in [-0.15, -0.1) is 0 Å². The number of hydrogen-bond donors (Lipinski definition) is 1. The van der Waals surface area contributed by atoms with Gasteiger partial charge in [0, 0.05) is 19.3 Å². The minimum Gasteiger partial charge on any atom is -0.376 e. The predicted octanol–water partition coefficient (Wildman–Crippen LogP) is 1.69. The molecule has 0 bridgehead atoms. The topological polar surface area (TPSA) is 64.7 Å². The number of fused-ring (bicyclic) bond motifs is 3. The Balaban J connectivity index is 1.69. The van der Waals surface area contributed by atoms with Crippen molar-refractivity contribution in [2.24, 2.45) is 0 Å². The lowest BCUT2D eigenvalue weighted by Crippen LogP contribution is -2.37. The fourth-order valence-electron chi connectivity index (χ4n) is 3.32. The van der Waals surface area contributed by atoms with Gasteiger partial charge in [-0.1, -0.05) is 0 Å². The molecule has 1 fully saturated rings. The van der Waals surface area contributed by atoms with Gasteiger partial charge in [0.25, 0.3) is 5.56 Å². The van der Waals surface area contributed by atoms with Crippen molar-refractivity contribution in [3.63, 3.8) is 0 Å². The van der Waals surface area contributed by atoms with Crippen molar-refractivity contribution in [3.05, 3.63) is 52.7 Å². The third-order valence-electron chi connectivity index (χ3n) is 4.55. The van der Waals surface area contributed by atoms with Crippen molar-refractivity contribution < 1.29 is 13.9 Å². The number of carbonyl (C=O) groups excluding carboxylic acids is 1. The highest BCUT2D eigenvalue weighted by atomic mass is 19.1. The third kappa shape index (κ3) is 2.91. The van der Waals surface area contributed by atoms with Crippen LogP contribution in [0.15, 0.2) is 41.3 Å². The van der Waals surface area contributed by atoms with E-state index in [1.165, 1.54) is 16.7 Å². The van der Waals surface area contributed by atoms with Gasteiger partial charge >= 0.3 is 0 Å². The number of benzene rings is 1. The molecule has 6 nitrogen and oxygen atoms in total. The average Bonchev–Trinajstić information content (AvgIpc) is 3.28. The summed E-state index contributed by atoms with van der Waals surface area (Å²) in [6, 6.07) is 7.67. The van der Waals surface area contributed by atoms with Crippen molar-refractivity contribution >= 4 is 22.5 Å². The Kier molecular flexibility index (Phi) is 4.01. The quantitative estimate of drug-likeness (QED) is 0.784. The van der Waals surface area contributed by atoms with Crippen LogP contribution in [-0.4, -0.2) is 34.1 Å².